The zero-order chi connectivity index (χ0) is 18.8. The first-order valence-electron chi connectivity index (χ1n) is 8.49. The van der Waals surface area contributed by atoms with Crippen molar-refractivity contribution in [3.8, 4) is 0 Å². The number of carbonyl (C=O) groups excluding carboxylic acids is 1. The summed E-state index contributed by atoms with van der Waals surface area (Å²) in [5.74, 6) is -0.351. The Balaban J connectivity index is 1.90. The minimum Gasteiger partial charge on any atom is -0.397 e. The van der Waals surface area contributed by atoms with Crippen LogP contribution < -0.4 is 16.0 Å². The molecule has 0 unspecified atom stereocenters. The molecule has 0 radical (unpaired) electrons. The van der Waals surface area contributed by atoms with Gasteiger partial charge >= 0.3 is 0 Å². The fraction of sp³-hybridized carbons (Fsp3) is 0.316. The number of nitrogen functional groups attached to an aromatic ring is 1. The maximum Gasteiger partial charge on any atom is 0.257 e. The first kappa shape index (κ1) is 19.2. The van der Waals surface area contributed by atoms with Gasteiger partial charge in [0.05, 0.1) is 32.7 Å². The molecule has 138 valence electrons. The molecule has 3 N–H and O–H groups in total. The first-order valence-corrected chi connectivity index (χ1v) is 9.62. The highest BCUT2D eigenvalue weighted by atomic mass is 35.5. The van der Waals surface area contributed by atoms with Gasteiger partial charge in [0.25, 0.3) is 5.91 Å². The number of rotatable bonds is 3. The molecule has 4 nitrogen and oxygen atoms in total. The van der Waals surface area contributed by atoms with Crippen molar-refractivity contribution in [2.75, 3.05) is 22.5 Å². The summed E-state index contributed by atoms with van der Waals surface area (Å²) in [6.45, 7) is 3.11. The van der Waals surface area contributed by atoms with E-state index in [0.29, 0.717) is 33.0 Å². The van der Waals surface area contributed by atoms with Gasteiger partial charge in [0, 0.05) is 17.6 Å². The predicted octanol–water partition coefficient (Wildman–Crippen LogP) is 5.86. The number of hydrogen-bond acceptors (Lipinski definition) is 3. The molecule has 1 heterocycles. The van der Waals surface area contributed by atoms with Crippen molar-refractivity contribution in [3.63, 3.8) is 0 Å². The summed E-state index contributed by atoms with van der Waals surface area (Å²) in [5.41, 5.74) is 8.52. The molecule has 1 fully saturated rings. The van der Waals surface area contributed by atoms with E-state index >= 15 is 0 Å². The van der Waals surface area contributed by atoms with Crippen molar-refractivity contribution < 1.29 is 4.79 Å². The monoisotopic (exact) mass is 411 g/mol. The van der Waals surface area contributed by atoms with Crippen molar-refractivity contribution in [2.45, 2.75) is 32.2 Å². The Labute approximate surface area is 168 Å². The molecule has 0 saturated carbocycles. The van der Waals surface area contributed by atoms with Crippen LogP contribution in [-0.4, -0.2) is 18.5 Å². The quantitative estimate of drug-likeness (QED) is 0.621. The Kier molecular flexibility index (Phi) is 5.86. The van der Waals surface area contributed by atoms with Crippen LogP contribution in [0.1, 0.15) is 36.5 Å². The highest BCUT2D eigenvalue weighted by Gasteiger charge is 2.22. The number of nitrogens with two attached hydrogens (primary N) is 1. The molecule has 1 aliphatic rings. The van der Waals surface area contributed by atoms with E-state index in [1.54, 1.807) is 18.2 Å². The lowest BCUT2D eigenvalue weighted by atomic mass is 10.0. The summed E-state index contributed by atoms with van der Waals surface area (Å²) in [5, 5.41) is 3.97. The largest absolute Gasteiger partial charge is 0.397 e. The first-order chi connectivity index (χ1) is 12.4. The second-order valence-corrected chi connectivity index (χ2v) is 7.76. The molecule has 2 aromatic rings. The average molecular weight is 413 g/mol. The molecule has 0 aliphatic carbocycles. The van der Waals surface area contributed by atoms with Crippen molar-refractivity contribution in [2.24, 2.45) is 0 Å². The van der Waals surface area contributed by atoms with Crippen molar-refractivity contribution in [3.05, 3.63) is 51.0 Å². The van der Waals surface area contributed by atoms with Crippen molar-refractivity contribution >= 4 is 57.8 Å². The zero-order valence-corrected chi connectivity index (χ0v) is 16.6. The van der Waals surface area contributed by atoms with Gasteiger partial charge < -0.3 is 16.0 Å². The lowest BCUT2D eigenvalue weighted by molar-refractivity contribution is 0.102. The summed E-state index contributed by atoms with van der Waals surface area (Å²) < 4.78 is 0. The Morgan fingerprint density at radius 3 is 2.62 bits per heavy atom. The summed E-state index contributed by atoms with van der Waals surface area (Å²) in [6, 6.07) is 8.63. The Morgan fingerprint density at radius 1 is 1.15 bits per heavy atom. The van der Waals surface area contributed by atoms with Crippen LogP contribution in [0.5, 0.6) is 0 Å². The molecule has 0 aromatic heterocycles. The second kappa shape index (κ2) is 7.95. The SMILES string of the molecule is C[C@H]1CCCCN1c1cc(NC(=O)c2ccc(Cl)cc2Cl)c(Cl)cc1N. The maximum atomic E-state index is 12.6. The van der Waals surface area contributed by atoms with Crippen LogP contribution in [-0.2, 0) is 0 Å². The van der Waals surface area contributed by atoms with Gasteiger partial charge in [-0.15, -0.1) is 0 Å². The maximum absolute atomic E-state index is 12.6. The number of anilines is 3. The lowest BCUT2D eigenvalue weighted by Crippen LogP contribution is -2.37. The molecular formula is C19H20Cl3N3O. The van der Waals surface area contributed by atoms with Gasteiger partial charge in [-0.3, -0.25) is 4.79 Å². The van der Waals surface area contributed by atoms with E-state index in [9.17, 15) is 4.79 Å². The van der Waals surface area contributed by atoms with Gasteiger partial charge in [-0.05, 0) is 56.5 Å². The van der Waals surface area contributed by atoms with E-state index < -0.39 is 0 Å². The van der Waals surface area contributed by atoms with Gasteiger partial charge in [0.15, 0.2) is 0 Å². The van der Waals surface area contributed by atoms with Crippen molar-refractivity contribution in [1.29, 1.82) is 0 Å². The number of benzene rings is 2. The number of nitrogens with one attached hydrogen (secondary N) is 1. The number of piperidine rings is 1. The topological polar surface area (TPSA) is 58.4 Å². The molecule has 2 aromatic carbocycles. The molecule has 0 spiro atoms. The number of nitrogens with zero attached hydrogens (tertiary/aromatic N) is 1. The third-order valence-corrected chi connectivity index (χ3v) is 5.51. The molecule has 0 bridgehead atoms. The standard InChI is InChI=1S/C19H20Cl3N3O/c1-11-4-2-3-7-25(11)18-10-17(15(22)9-16(18)23)24-19(26)13-6-5-12(20)8-14(13)21/h5-6,8-11H,2-4,7,23H2,1H3,(H,24,26)/t11-/m0/s1. The van der Waals surface area contributed by atoms with E-state index in [-0.39, 0.29) is 10.9 Å². The summed E-state index contributed by atoms with van der Waals surface area (Å²) >= 11 is 18.3. The highest BCUT2D eigenvalue weighted by molar-refractivity contribution is 6.38. The third kappa shape index (κ3) is 4.03. The van der Waals surface area contributed by atoms with Gasteiger partial charge in [-0.1, -0.05) is 34.8 Å². The molecule has 1 amide bonds. The molecule has 26 heavy (non-hydrogen) atoms. The molecular weight excluding hydrogens is 393 g/mol. The Hall–Kier alpha value is -1.62. The van der Waals surface area contributed by atoms with E-state index in [4.69, 9.17) is 40.5 Å². The molecule has 1 aliphatic heterocycles. The number of hydrogen-bond donors (Lipinski definition) is 2. The normalized spacial score (nSPS) is 17.2. The Bertz CT molecular complexity index is 841. The molecule has 1 saturated heterocycles. The Morgan fingerprint density at radius 2 is 1.92 bits per heavy atom. The number of amides is 1. The van der Waals surface area contributed by atoms with Crippen LogP contribution in [0.15, 0.2) is 30.3 Å². The van der Waals surface area contributed by atoms with Crippen LogP contribution in [0, 0.1) is 0 Å². The van der Waals surface area contributed by atoms with Gasteiger partial charge in [0.1, 0.15) is 0 Å². The summed E-state index contributed by atoms with van der Waals surface area (Å²) in [7, 11) is 0. The predicted molar refractivity (Wildman–Crippen MR) is 111 cm³/mol. The van der Waals surface area contributed by atoms with Gasteiger partial charge in [-0.25, -0.2) is 0 Å². The molecule has 7 heteroatoms. The minimum absolute atomic E-state index is 0.284. The fourth-order valence-corrected chi connectivity index (χ4v) is 3.95. The summed E-state index contributed by atoms with van der Waals surface area (Å²) in [4.78, 5) is 14.9. The van der Waals surface area contributed by atoms with E-state index in [0.717, 1.165) is 25.1 Å². The fourth-order valence-electron chi connectivity index (χ4n) is 3.24. The molecule has 1 atom stereocenters. The van der Waals surface area contributed by atoms with Crippen LogP contribution in [0.4, 0.5) is 17.1 Å². The van der Waals surface area contributed by atoms with Crippen molar-refractivity contribution in [1.82, 2.24) is 0 Å². The average Bonchev–Trinajstić information content (AvgIpc) is 2.58. The van der Waals surface area contributed by atoms with Crippen LogP contribution in [0.2, 0.25) is 15.1 Å². The molecule has 3 rings (SSSR count). The second-order valence-electron chi connectivity index (χ2n) is 6.51. The number of halogens is 3. The van der Waals surface area contributed by atoms with Crippen LogP contribution in [0.25, 0.3) is 0 Å². The van der Waals surface area contributed by atoms with E-state index in [2.05, 4.69) is 17.1 Å². The summed E-state index contributed by atoms with van der Waals surface area (Å²) in [6.07, 6.45) is 3.45. The number of carbonyl (C=O) groups is 1. The third-order valence-electron chi connectivity index (χ3n) is 4.65. The highest BCUT2D eigenvalue weighted by Crippen LogP contribution is 2.36. The van der Waals surface area contributed by atoms with E-state index in [1.165, 1.54) is 12.5 Å². The van der Waals surface area contributed by atoms with Gasteiger partial charge in [0.2, 0.25) is 0 Å². The minimum atomic E-state index is -0.351. The lowest BCUT2D eigenvalue weighted by Gasteiger charge is -2.36. The van der Waals surface area contributed by atoms with Crippen LogP contribution in [0.3, 0.4) is 0 Å². The smallest absolute Gasteiger partial charge is 0.257 e. The van der Waals surface area contributed by atoms with E-state index in [1.807, 2.05) is 6.07 Å². The van der Waals surface area contributed by atoms with Crippen LogP contribution >= 0.6 is 34.8 Å². The van der Waals surface area contributed by atoms with Gasteiger partial charge in [-0.2, -0.15) is 0 Å². The zero-order valence-electron chi connectivity index (χ0n) is 14.4.